The van der Waals surface area contributed by atoms with Crippen molar-refractivity contribution >= 4 is 40.0 Å². The predicted molar refractivity (Wildman–Crippen MR) is 140 cm³/mol. The molecule has 10 nitrogen and oxygen atoms in total. The van der Waals surface area contributed by atoms with Crippen molar-refractivity contribution in [1.29, 1.82) is 0 Å². The molecule has 2 aromatic carbocycles. The lowest BCUT2D eigenvalue weighted by atomic mass is 10.2. The number of rotatable bonds is 7. The van der Waals surface area contributed by atoms with Crippen LogP contribution in [-0.4, -0.2) is 56.8 Å². The van der Waals surface area contributed by atoms with Crippen molar-refractivity contribution in [3.63, 3.8) is 0 Å². The second-order valence-electron chi connectivity index (χ2n) is 8.53. The van der Waals surface area contributed by atoms with Gasteiger partial charge in [-0.15, -0.1) is 0 Å². The summed E-state index contributed by atoms with van der Waals surface area (Å²) in [5.74, 6) is 1.27. The number of ether oxygens (including phenoxy) is 1. The molecule has 1 amide bonds. The third kappa shape index (κ3) is 4.46. The molecule has 3 heterocycles. The van der Waals surface area contributed by atoms with Gasteiger partial charge in [0.25, 0.3) is 0 Å². The van der Waals surface area contributed by atoms with Gasteiger partial charge in [0.2, 0.25) is 11.9 Å². The normalized spacial score (nSPS) is 15.2. The number of hydrogen-bond acceptors (Lipinski definition) is 8. The van der Waals surface area contributed by atoms with E-state index in [4.69, 9.17) is 9.72 Å². The minimum atomic E-state index is -0.421. The van der Waals surface area contributed by atoms with Gasteiger partial charge in [0.05, 0.1) is 41.3 Å². The van der Waals surface area contributed by atoms with Gasteiger partial charge in [0.1, 0.15) is 11.4 Å². The molecule has 4 aromatic rings. The Morgan fingerprint density at radius 3 is 2.78 bits per heavy atom. The summed E-state index contributed by atoms with van der Waals surface area (Å²) in [4.78, 5) is 27.9. The average molecular weight is 486 g/mol. The summed E-state index contributed by atoms with van der Waals surface area (Å²) >= 11 is 0. The molecule has 184 valence electrons. The molecule has 0 bridgehead atoms. The van der Waals surface area contributed by atoms with Gasteiger partial charge in [0.15, 0.2) is 5.82 Å². The van der Waals surface area contributed by atoms with E-state index >= 15 is 0 Å². The number of carbonyl (C=O) groups excluding carboxylic acids is 1. The first-order valence-electron chi connectivity index (χ1n) is 11.6. The monoisotopic (exact) mass is 485 g/mol. The van der Waals surface area contributed by atoms with Crippen LogP contribution in [0.1, 0.15) is 6.42 Å². The molecule has 36 heavy (non-hydrogen) atoms. The number of fused-ring (bicyclic) bond motifs is 1. The number of carbonyl (C=O) groups is 1. The Bertz CT molecular complexity index is 1450. The Morgan fingerprint density at radius 1 is 1.22 bits per heavy atom. The summed E-state index contributed by atoms with van der Waals surface area (Å²) in [6.45, 7) is 4.68. The van der Waals surface area contributed by atoms with E-state index in [0.717, 1.165) is 22.5 Å². The highest BCUT2D eigenvalue weighted by Crippen LogP contribution is 2.39. The van der Waals surface area contributed by atoms with Crippen LogP contribution in [0.4, 0.5) is 23.0 Å². The maximum absolute atomic E-state index is 12.2. The number of aliphatic hydroxyl groups is 1. The second kappa shape index (κ2) is 9.67. The van der Waals surface area contributed by atoms with Crippen LogP contribution in [0.3, 0.4) is 0 Å². The SMILES string of the molecule is C=CC(=O)Nc1cc(Nc2nccc(-c3nc4ccccc4n3C)n2)c(OC)cc1N1CC[C@H](O)C1. The number of para-hydroxylation sites is 2. The molecule has 5 rings (SSSR count). The largest absolute Gasteiger partial charge is 0.494 e. The fourth-order valence-corrected chi connectivity index (χ4v) is 4.38. The fraction of sp³-hybridized carbons (Fsp3) is 0.231. The van der Waals surface area contributed by atoms with E-state index in [1.165, 1.54) is 6.08 Å². The number of β-amino-alcohol motifs (C(OH)–C–C–N with tert-alkyl or cyclic N) is 1. The van der Waals surface area contributed by atoms with Crippen LogP contribution >= 0.6 is 0 Å². The first-order valence-corrected chi connectivity index (χ1v) is 11.6. The topological polar surface area (TPSA) is 117 Å². The standard InChI is InChI=1S/C26H27N7O3/c1-4-24(35)28-19-13-20(23(36-3)14-22(19)33-12-10-16(34)15-33)31-26-27-11-9-18(30-26)25-29-17-7-5-6-8-21(17)32(25)2/h4-9,11,13-14,16,34H,1,10,12,15H2,2-3H3,(H,28,35)(H,27,30,31)/t16-/m0/s1. The number of nitrogens with one attached hydrogen (secondary N) is 2. The van der Waals surface area contributed by atoms with Gasteiger partial charge in [0, 0.05) is 32.4 Å². The Kier molecular flexibility index (Phi) is 6.26. The van der Waals surface area contributed by atoms with Gasteiger partial charge in [-0.3, -0.25) is 4.79 Å². The zero-order chi connectivity index (χ0) is 25.2. The summed E-state index contributed by atoms with van der Waals surface area (Å²) in [5, 5.41) is 16.1. The highest BCUT2D eigenvalue weighted by molar-refractivity contribution is 6.02. The first kappa shape index (κ1) is 23.3. The third-order valence-electron chi connectivity index (χ3n) is 6.18. The lowest BCUT2D eigenvalue weighted by molar-refractivity contribution is -0.111. The highest BCUT2D eigenvalue weighted by atomic mass is 16.5. The molecule has 0 radical (unpaired) electrons. The molecule has 0 saturated carbocycles. The van der Waals surface area contributed by atoms with Crippen molar-refractivity contribution in [2.45, 2.75) is 12.5 Å². The van der Waals surface area contributed by atoms with Gasteiger partial charge in [-0.05, 0) is 36.8 Å². The maximum Gasteiger partial charge on any atom is 0.247 e. The molecule has 1 aliphatic heterocycles. The van der Waals surface area contributed by atoms with E-state index in [9.17, 15) is 9.90 Å². The second-order valence-corrected chi connectivity index (χ2v) is 8.53. The average Bonchev–Trinajstić information content (AvgIpc) is 3.47. The Balaban J connectivity index is 1.51. The quantitative estimate of drug-likeness (QED) is 0.341. The molecule has 10 heteroatoms. The number of aliphatic hydroxyl groups excluding tert-OH is 1. The molecular weight excluding hydrogens is 458 g/mol. The van der Waals surface area contributed by atoms with E-state index in [1.807, 2.05) is 46.8 Å². The van der Waals surface area contributed by atoms with Crippen LogP contribution in [0.15, 0.2) is 61.3 Å². The third-order valence-corrected chi connectivity index (χ3v) is 6.18. The Labute approximate surface area is 208 Å². The Hall–Kier alpha value is -4.44. The van der Waals surface area contributed by atoms with Crippen LogP contribution in [0, 0.1) is 0 Å². The zero-order valence-corrected chi connectivity index (χ0v) is 20.1. The van der Waals surface area contributed by atoms with Crippen molar-refractivity contribution in [2.75, 3.05) is 35.7 Å². The number of benzene rings is 2. The van der Waals surface area contributed by atoms with Crippen molar-refractivity contribution in [3.8, 4) is 17.3 Å². The molecule has 1 saturated heterocycles. The number of nitrogens with zero attached hydrogens (tertiary/aromatic N) is 5. The number of hydrogen-bond donors (Lipinski definition) is 3. The molecule has 0 aliphatic carbocycles. The van der Waals surface area contributed by atoms with Gasteiger partial charge < -0.3 is 29.9 Å². The number of aromatic nitrogens is 4. The van der Waals surface area contributed by atoms with Crippen LogP contribution < -0.4 is 20.3 Å². The summed E-state index contributed by atoms with van der Waals surface area (Å²) in [5.41, 5.74) is 4.43. The van der Waals surface area contributed by atoms with Crippen molar-refractivity contribution in [3.05, 3.63) is 61.3 Å². The molecule has 0 spiro atoms. The van der Waals surface area contributed by atoms with E-state index < -0.39 is 6.10 Å². The number of imidazole rings is 1. The summed E-state index contributed by atoms with van der Waals surface area (Å²) in [7, 11) is 3.52. The summed E-state index contributed by atoms with van der Waals surface area (Å²) in [6, 6.07) is 13.3. The first-order chi connectivity index (χ1) is 17.5. The van der Waals surface area contributed by atoms with Crippen LogP contribution in [0.25, 0.3) is 22.6 Å². The molecule has 1 aliphatic rings. The van der Waals surface area contributed by atoms with Gasteiger partial charge in [-0.1, -0.05) is 18.7 Å². The molecule has 1 fully saturated rings. The number of anilines is 4. The van der Waals surface area contributed by atoms with E-state index in [1.54, 1.807) is 25.4 Å². The van der Waals surface area contributed by atoms with Crippen molar-refractivity contribution in [2.24, 2.45) is 7.05 Å². The van der Waals surface area contributed by atoms with Crippen LogP contribution in [0.5, 0.6) is 5.75 Å². The molecule has 3 N–H and O–H groups in total. The van der Waals surface area contributed by atoms with Crippen LogP contribution in [-0.2, 0) is 11.8 Å². The van der Waals surface area contributed by atoms with Crippen molar-refractivity contribution < 1.29 is 14.6 Å². The van der Waals surface area contributed by atoms with Crippen molar-refractivity contribution in [1.82, 2.24) is 19.5 Å². The van der Waals surface area contributed by atoms with Gasteiger partial charge in [-0.2, -0.15) is 0 Å². The molecule has 1 atom stereocenters. The number of aryl methyl sites for hydroxylation is 1. The van der Waals surface area contributed by atoms with E-state index in [-0.39, 0.29) is 5.91 Å². The minimum absolute atomic E-state index is 0.341. The summed E-state index contributed by atoms with van der Waals surface area (Å²) in [6.07, 6.45) is 3.11. The Morgan fingerprint density at radius 2 is 2.06 bits per heavy atom. The molecule has 0 unspecified atom stereocenters. The molecular formula is C26H27N7O3. The number of amides is 1. The minimum Gasteiger partial charge on any atom is -0.494 e. The zero-order valence-electron chi connectivity index (χ0n) is 20.1. The molecule has 2 aromatic heterocycles. The van der Waals surface area contributed by atoms with Gasteiger partial charge >= 0.3 is 0 Å². The van der Waals surface area contributed by atoms with Crippen LogP contribution in [0.2, 0.25) is 0 Å². The van der Waals surface area contributed by atoms with E-state index in [0.29, 0.717) is 48.3 Å². The highest BCUT2D eigenvalue weighted by Gasteiger charge is 2.25. The predicted octanol–water partition coefficient (Wildman–Crippen LogP) is 3.48. The fourth-order valence-electron chi connectivity index (χ4n) is 4.38. The maximum atomic E-state index is 12.2. The lowest BCUT2D eigenvalue weighted by Gasteiger charge is -2.24. The number of methoxy groups -OCH3 is 1. The summed E-state index contributed by atoms with van der Waals surface area (Å²) < 4.78 is 7.64. The van der Waals surface area contributed by atoms with E-state index in [2.05, 4.69) is 27.2 Å². The smallest absolute Gasteiger partial charge is 0.247 e. The van der Waals surface area contributed by atoms with Gasteiger partial charge in [-0.25, -0.2) is 15.0 Å². The lowest BCUT2D eigenvalue weighted by Crippen LogP contribution is -2.23.